The summed E-state index contributed by atoms with van der Waals surface area (Å²) in [6, 6.07) is 16.7. The number of rotatable bonds is 8. The third-order valence-corrected chi connectivity index (χ3v) is 6.37. The fourth-order valence-corrected chi connectivity index (χ4v) is 4.22. The van der Waals surface area contributed by atoms with Gasteiger partial charge in [0.05, 0.1) is 15.5 Å². The first-order valence-electron chi connectivity index (χ1n) is 10.0. The van der Waals surface area contributed by atoms with Crippen molar-refractivity contribution in [3.8, 4) is 5.75 Å². The van der Waals surface area contributed by atoms with Crippen molar-refractivity contribution >= 4 is 38.9 Å². The molecular weight excluding hydrogens is 493 g/mol. The molecule has 0 aliphatic heterocycles. The molecule has 1 amide bonds. The van der Waals surface area contributed by atoms with E-state index in [1.165, 1.54) is 24.3 Å². The number of para-hydroxylation sites is 1. The molecule has 180 valence electrons. The lowest BCUT2D eigenvalue weighted by Crippen LogP contribution is -2.32. The first kappa shape index (κ1) is 25.4. The van der Waals surface area contributed by atoms with Crippen LogP contribution in [0.1, 0.15) is 18.9 Å². The van der Waals surface area contributed by atoms with Crippen LogP contribution < -0.4 is 14.8 Å². The number of ether oxygens (including phenoxy) is 1. The Morgan fingerprint density at radius 3 is 2.21 bits per heavy atom. The Balaban J connectivity index is 1.70. The lowest BCUT2D eigenvalue weighted by atomic mass is 10.2. The van der Waals surface area contributed by atoms with E-state index in [4.69, 9.17) is 16.3 Å². The Hall–Kier alpha value is -3.24. The molecule has 2 N–H and O–H groups in total. The number of hydrogen-bond donors (Lipinski definition) is 2. The Kier molecular flexibility index (Phi) is 7.73. The van der Waals surface area contributed by atoms with Gasteiger partial charge in [0.25, 0.3) is 15.9 Å². The summed E-state index contributed by atoms with van der Waals surface area (Å²) < 4.78 is 72.1. The van der Waals surface area contributed by atoms with Gasteiger partial charge in [-0.05, 0) is 61.0 Å². The molecule has 0 heterocycles. The van der Waals surface area contributed by atoms with E-state index >= 15 is 0 Å². The molecule has 0 aliphatic rings. The third-order valence-electron chi connectivity index (χ3n) is 4.64. The SMILES string of the molecule is CC[C@H](Oc1ccccc1)C(=O)Nc1ccc(S(=O)(=O)Nc2ccc(Cl)c(C(F)(F)F)c2)cc1. The van der Waals surface area contributed by atoms with Crippen molar-refractivity contribution in [2.45, 2.75) is 30.5 Å². The van der Waals surface area contributed by atoms with Gasteiger partial charge < -0.3 is 10.1 Å². The van der Waals surface area contributed by atoms with Crippen LogP contribution in [0.4, 0.5) is 24.5 Å². The number of amides is 1. The molecule has 0 spiro atoms. The highest BCUT2D eigenvalue weighted by molar-refractivity contribution is 7.92. The van der Waals surface area contributed by atoms with Gasteiger partial charge in [-0.1, -0.05) is 36.7 Å². The zero-order chi connectivity index (χ0) is 24.9. The number of carbonyl (C=O) groups is 1. The molecule has 3 aromatic carbocycles. The Labute approximate surface area is 199 Å². The van der Waals surface area contributed by atoms with Crippen LogP contribution >= 0.6 is 11.6 Å². The third kappa shape index (κ3) is 6.42. The quantitative estimate of drug-likeness (QED) is 0.390. The van der Waals surface area contributed by atoms with Gasteiger partial charge in [0.15, 0.2) is 6.10 Å². The number of carbonyl (C=O) groups excluding carboxylic acids is 1. The average molecular weight is 513 g/mol. The van der Waals surface area contributed by atoms with E-state index in [0.717, 1.165) is 12.1 Å². The number of sulfonamides is 1. The predicted molar refractivity (Wildman–Crippen MR) is 123 cm³/mol. The highest BCUT2D eigenvalue weighted by atomic mass is 35.5. The minimum absolute atomic E-state index is 0.207. The first-order valence-corrected chi connectivity index (χ1v) is 11.9. The number of alkyl halides is 3. The molecule has 1 atom stereocenters. The molecule has 0 aromatic heterocycles. The number of nitrogens with one attached hydrogen (secondary N) is 2. The van der Waals surface area contributed by atoms with Gasteiger partial charge >= 0.3 is 6.18 Å². The average Bonchev–Trinajstić information content (AvgIpc) is 2.79. The van der Waals surface area contributed by atoms with Crippen LogP contribution in [-0.2, 0) is 21.0 Å². The second kappa shape index (κ2) is 10.4. The fourth-order valence-electron chi connectivity index (χ4n) is 2.95. The van der Waals surface area contributed by atoms with Gasteiger partial charge in [0.1, 0.15) is 5.75 Å². The molecule has 0 aliphatic carbocycles. The van der Waals surface area contributed by atoms with E-state index < -0.39 is 38.8 Å². The number of benzene rings is 3. The van der Waals surface area contributed by atoms with Gasteiger partial charge in [-0.25, -0.2) is 8.42 Å². The molecule has 11 heteroatoms. The van der Waals surface area contributed by atoms with Crippen LogP contribution in [-0.4, -0.2) is 20.4 Å². The van der Waals surface area contributed by atoms with Crippen LogP contribution in [0.25, 0.3) is 0 Å². The van der Waals surface area contributed by atoms with Crippen molar-refractivity contribution in [2.75, 3.05) is 10.0 Å². The van der Waals surface area contributed by atoms with Gasteiger partial charge in [-0.2, -0.15) is 13.2 Å². The van der Waals surface area contributed by atoms with Crippen LogP contribution in [0.5, 0.6) is 5.75 Å². The maximum atomic E-state index is 13.0. The summed E-state index contributed by atoms with van der Waals surface area (Å²) in [4.78, 5) is 12.3. The lowest BCUT2D eigenvalue weighted by Gasteiger charge is -2.17. The zero-order valence-corrected chi connectivity index (χ0v) is 19.3. The molecule has 0 unspecified atom stereocenters. The van der Waals surface area contributed by atoms with Crippen LogP contribution in [0.2, 0.25) is 5.02 Å². The number of hydrogen-bond acceptors (Lipinski definition) is 4. The van der Waals surface area contributed by atoms with Crippen LogP contribution in [0.15, 0.2) is 77.7 Å². The Morgan fingerprint density at radius 1 is 1.00 bits per heavy atom. The molecule has 0 bridgehead atoms. The van der Waals surface area contributed by atoms with Crippen molar-refractivity contribution < 1.29 is 31.1 Å². The second-order valence-electron chi connectivity index (χ2n) is 7.14. The topological polar surface area (TPSA) is 84.5 Å². The maximum absolute atomic E-state index is 13.0. The highest BCUT2D eigenvalue weighted by Crippen LogP contribution is 2.36. The van der Waals surface area contributed by atoms with Gasteiger partial charge in [0, 0.05) is 11.4 Å². The molecule has 3 rings (SSSR count). The lowest BCUT2D eigenvalue weighted by molar-refractivity contribution is -0.137. The standard InChI is InChI=1S/C23H20ClF3N2O4S/c1-2-21(33-17-6-4-3-5-7-17)22(30)28-15-8-11-18(12-9-15)34(31,32)29-16-10-13-20(24)19(14-16)23(25,26)27/h3-14,21,29H,2H2,1H3,(H,28,30)/t21-/m0/s1. The number of anilines is 2. The summed E-state index contributed by atoms with van der Waals surface area (Å²) >= 11 is 5.57. The molecule has 34 heavy (non-hydrogen) atoms. The summed E-state index contributed by atoms with van der Waals surface area (Å²) in [5.41, 5.74) is -1.13. The van der Waals surface area contributed by atoms with E-state index in [2.05, 4.69) is 10.0 Å². The Bertz CT molecular complexity index is 1250. The van der Waals surface area contributed by atoms with E-state index in [1.807, 2.05) is 6.07 Å². The zero-order valence-electron chi connectivity index (χ0n) is 17.8. The smallest absolute Gasteiger partial charge is 0.417 e. The predicted octanol–water partition coefficient (Wildman–Crippen LogP) is 5.96. The summed E-state index contributed by atoms with van der Waals surface area (Å²) in [6.07, 6.45) is -5.10. The second-order valence-corrected chi connectivity index (χ2v) is 9.23. The van der Waals surface area contributed by atoms with E-state index in [1.54, 1.807) is 31.2 Å². The van der Waals surface area contributed by atoms with Gasteiger partial charge in [-0.3, -0.25) is 9.52 Å². The molecule has 0 saturated heterocycles. The van der Waals surface area contributed by atoms with E-state index in [0.29, 0.717) is 23.9 Å². The fraction of sp³-hybridized carbons (Fsp3) is 0.174. The molecule has 6 nitrogen and oxygen atoms in total. The van der Waals surface area contributed by atoms with Crippen LogP contribution in [0.3, 0.4) is 0 Å². The van der Waals surface area contributed by atoms with Crippen molar-refractivity contribution in [1.82, 2.24) is 0 Å². The first-order chi connectivity index (χ1) is 16.0. The summed E-state index contributed by atoms with van der Waals surface area (Å²) in [7, 11) is -4.19. The van der Waals surface area contributed by atoms with E-state index in [-0.39, 0.29) is 10.6 Å². The van der Waals surface area contributed by atoms with Gasteiger partial charge in [0.2, 0.25) is 0 Å². The summed E-state index contributed by atoms with van der Waals surface area (Å²) in [5.74, 6) is 0.119. The van der Waals surface area contributed by atoms with Crippen molar-refractivity contribution in [3.05, 3.63) is 83.4 Å². The molecule has 0 fully saturated rings. The van der Waals surface area contributed by atoms with Crippen molar-refractivity contribution in [3.63, 3.8) is 0 Å². The summed E-state index contributed by atoms with van der Waals surface area (Å²) in [6.45, 7) is 1.79. The number of halogens is 4. The molecular formula is C23H20ClF3N2O4S. The van der Waals surface area contributed by atoms with Gasteiger partial charge in [-0.15, -0.1) is 0 Å². The van der Waals surface area contributed by atoms with Crippen molar-refractivity contribution in [1.29, 1.82) is 0 Å². The highest BCUT2D eigenvalue weighted by Gasteiger charge is 2.33. The molecule has 0 saturated carbocycles. The Morgan fingerprint density at radius 2 is 1.62 bits per heavy atom. The largest absolute Gasteiger partial charge is 0.481 e. The minimum atomic E-state index is -4.74. The van der Waals surface area contributed by atoms with Crippen LogP contribution in [0, 0.1) is 0 Å². The minimum Gasteiger partial charge on any atom is -0.481 e. The maximum Gasteiger partial charge on any atom is 0.417 e. The van der Waals surface area contributed by atoms with E-state index in [9.17, 15) is 26.4 Å². The van der Waals surface area contributed by atoms with Crippen molar-refractivity contribution in [2.24, 2.45) is 0 Å². The normalized spacial score (nSPS) is 12.6. The summed E-state index contributed by atoms with van der Waals surface area (Å²) in [5, 5.41) is 2.11. The molecule has 3 aromatic rings. The molecule has 0 radical (unpaired) electrons. The monoisotopic (exact) mass is 512 g/mol.